The summed E-state index contributed by atoms with van der Waals surface area (Å²) < 4.78 is 6.03. The number of hydrogen-bond donors (Lipinski definition) is 1. The molecule has 0 spiro atoms. The zero-order valence-corrected chi connectivity index (χ0v) is 12.3. The molecule has 0 fully saturated rings. The maximum absolute atomic E-state index is 6.03. The highest BCUT2D eigenvalue weighted by atomic mass is 16.5. The first-order chi connectivity index (χ1) is 10.0. The van der Waals surface area contributed by atoms with Crippen molar-refractivity contribution in [2.45, 2.75) is 20.8 Å². The Bertz CT molecular complexity index is 828. The third kappa shape index (κ3) is 2.52. The number of rotatable bonds is 2. The SMILES string of the molecule is Cc1cc(C)c(C)c(Oc2ncnc3cc(N)ccc23)c1. The van der Waals surface area contributed by atoms with Crippen LogP contribution in [0.1, 0.15) is 16.7 Å². The maximum atomic E-state index is 6.03. The average molecular weight is 279 g/mol. The number of hydrogen-bond acceptors (Lipinski definition) is 4. The molecule has 4 heteroatoms. The fraction of sp³-hybridized carbons (Fsp3) is 0.176. The van der Waals surface area contributed by atoms with Crippen LogP contribution in [0, 0.1) is 20.8 Å². The van der Waals surface area contributed by atoms with Crippen molar-refractivity contribution in [2.75, 3.05) is 5.73 Å². The fourth-order valence-corrected chi connectivity index (χ4v) is 2.34. The molecular formula is C17H17N3O. The van der Waals surface area contributed by atoms with Gasteiger partial charge >= 0.3 is 0 Å². The summed E-state index contributed by atoms with van der Waals surface area (Å²) in [6.07, 6.45) is 1.50. The van der Waals surface area contributed by atoms with Crippen LogP contribution in [-0.4, -0.2) is 9.97 Å². The van der Waals surface area contributed by atoms with E-state index in [1.807, 2.05) is 31.2 Å². The van der Waals surface area contributed by atoms with Crippen molar-refractivity contribution in [2.24, 2.45) is 0 Å². The van der Waals surface area contributed by atoms with E-state index in [9.17, 15) is 0 Å². The van der Waals surface area contributed by atoms with Gasteiger partial charge in [0.1, 0.15) is 12.1 Å². The number of fused-ring (bicyclic) bond motifs is 1. The summed E-state index contributed by atoms with van der Waals surface area (Å²) in [6.45, 7) is 6.18. The molecule has 0 aliphatic heterocycles. The van der Waals surface area contributed by atoms with E-state index in [1.165, 1.54) is 11.9 Å². The number of nitrogen functional groups attached to an aromatic ring is 1. The second kappa shape index (κ2) is 5.05. The summed E-state index contributed by atoms with van der Waals surface area (Å²) in [7, 11) is 0. The Hall–Kier alpha value is -2.62. The van der Waals surface area contributed by atoms with Crippen LogP contribution >= 0.6 is 0 Å². The van der Waals surface area contributed by atoms with Crippen LogP contribution in [-0.2, 0) is 0 Å². The Kier molecular flexibility index (Phi) is 3.22. The predicted octanol–water partition coefficient (Wildman–Crippen LogP) is 3.93. The first-order valence-electron chi connectivity index (χ1n) is 6.80. The number of aryl methyl sites for hydroxylation is 2. The average Bonchev–Trinajstić information content (AvgIpc) is 2.44. The number of nitrogens with zero attached hydrogens (tertiary/aromatic N) is 2. The molecule has 2 N–H and O–H groups in total. The molecule has 0 atom stereocenters. The van der Waals surface area contributed by atoms with Gasteiger partial charge in [0, 0.05) is 5.69 Å². The molecule has 0 aliphatic rings. The van der Waals surface area contributed by atoms with E-state index in [-0.39, 0.29) is 0 Å². The van der Waals surface area contributed by atoms with Crippen LogP contribution in [0.15, 0.2) is 36.7 Å². The smallest absolute Gasteiger partial charge is 0.230 e. The molecular weight excluding hydrogens is 262 g/mol. The number of aromatic nitrogens is 2. The molecule has 4 nitrogen and oxygen atoms in total. The van der Waals surface area contributed by atoms with E-state index in [0.29, 0.717) is 11.6 Å². The van der Waals surface area contributed by atoms with Crippen molar-refractivity contribution >= 4 is 16.6 Å². The van der Waals surface area contributed by atoms with Crippen LogP contribution in [0.3, 0.4) is 0 Å². The van der Waals surface area contributed by atoms with E-state index in [4.69, 9.17) is 10.5 Å². The molecule has 106 valence electrons. The largest absolute Gasteiger partial charge is 0.438 e. The van der Waals surface area contributed by atoms with Gasteiger partial charge in [0.25, 0.3) is 0 Å². The normalized spacial score (nSPS) is 10.8. The van der Waals surface area contributed by atoms with Gasteiger partial charge < -0.3 is 10.5 Å². The fourth-order valence-electron chi connectivity index (χ4n) is 2.34. The highest BCUT2D eigenvalue weighted by Crippen LogP contribution is 2.31. The van der Waals surface area contributed by atoms with Gasteiger partial charge in [-0.1, -0.05) is 6.07 Å². The number of anilines is 1. The molecule has 1 heterocycles. The molecule has 0 saturated carbocycles. The second-order valence-corrected chi connectivity index (χ2v) is 5.26. The molecule has 3 aromatic rings. The molecule has 1 aromatic heterocycles. The highest BCUT2D eigenvalue weighted by Gasteiger charge is 2.10. The molecule has 0 amide bonds. The lowest BCUT2D eigenvalue weighted by molar-refractivity contribution is 0.464. The Balaban J connectivity index is 2.10. The Morgan fingerprint density at radius 2 is 1.81 bits per heavy atom. The number of nitrogens with two attached hydrogens (primary N) is 1. The molecule has 2 aromatic carbocycles. The third-order valence-corrected chi connectivity index (χ3v) is 3.59. The van der Waals surface area contributed by atoms with Crippen LogP contribution in [0.5, 0.6) is 11.6 Å². The van der Waals surface area contributed by atoms with Crippen molar-refractivity contribution < 1.29 is 4.74 Å². The van der Waals surface area contributed by atoms with E-state index in [0.717, 1.165) is 27.8 Å². The summed E-state index contributed by atoms with van der Waals surface area (Å²) in [5.74, 6) is 1.37. The zero-order chi connectivity index (χ0) is 15.0. The van der Waals surface area contributed by atoms with Crippen molar-refractivity contribution in [1.82, 2.24) is 9.97 Å². The summed E-state index contributed by atoms with van der Waals surface area (Å²) in [6, 6.07) is 9.69. The summed E-state index contributed by atoms with van der Waals surface area (Å²) in [4.78, 5) is 8.49. The van der Waals surface area contributed by atoms with Gasteiger partial charge in [-0.05, 0) is 61.7 Å². The van der Waals surface area contributed by atoms with Crippen LogP contribution in [0.25, 0.3) is 10.9 Å². The van der Waals surface area contributed by atoms with E-state index in [2.05, 4.69) is 29.9 Å². The van der Waals surface area contributed by atoms with Crippen LogP contribution < -0.4 is 10.5 Å². The van der Waals surface area contributed by atoms with Crippen LogP contribution in [0.2, 0.25) is 0 Å². The van der Waals surface area contributed by atoms with Gasteiger partial charge in [-0.25, -0.2) is 9.97 Å². The minimum Gasteiger partial charge on any atom is -0.438 e. The summed E-state index contributed by atoms with van der Waals surface area (Å²) in [5, 5.41) is 0.852. The van der Waals surface area contributed by atoms with E-state index >= 15 is 0 Å². The van der Waals surface area contributed by atoms with Gasteiger partial charge in [-0.3, -0.25) is 0 Å². The summed E-state index contributed by atoms with van der Waals surface area (Å²) in [5.41, 5.74) is 10.7. The topological polar surface area (TPSA) is 61.0 Å². The lowest BCUT2D eigenvalue weighted by Crippen LogP contribution is -1.96. The standard InChI is InChI=1S/C17H17N3O/c1-10-6-11(2)12(3)16(7-10)21-17-14-5-4-13(18)8-15(14)19-9-20-17/h4-9H,18H2,1-3H3. The zero-order valence-electron chi connectivity index (χ0n) is 12.3. The Labute approximate surface area is 123 Å². The first-order valence-corrected chi connectivity index (χ1v) is 6.80. The predicted molar refractivity (Wildman–Crippen MR) is 84.7 cm³/mol. The lowest BCUT2D eigenvalue weighted by atomic mass is 10.1. The number of benzene rings is 2. The van der Waals surface area contributed by atoms with Gasteiger partial charge in [-0.15, -0.1) is 0 Å². The maximum Gasteiger partial charge on any atom is 0.230 e. The monoisotopic (exact) mass is 279 g/mol. The Morgan fingerprint density at radius 3 is 2.62 bits per heavy atom. The Morgan fingerprint density at radius 1 is 1.00 bits per heavy atom. The van der Waals surface area contributed by atoms with Crippen molar-refractivity contribution in [3.63, 3.8) is 0 Å². The van der Waals surface area contributed by atoms with Gasteiger partial charge in [-0.2, -0.15) is 0 Å². The number of ether oxygens (including phenoxy) is 1. The van der Waals surface area contributed by atoms with Crippen molar-refractivity contribution in [3.8, 4) is 11.6 Å². The van der Waals surface area contributed by atoms with E-state index < -0.39 is 0 Å². The lowest BCUT2D eigenvalue weighted by Gasteiger charge is -2.12. The molecule has 0 saturated heterocycles. The molecule has 0 radical (unpaired) electrons. The molecule has 0 aliphatic carbocycles. The molecule has 0 unspecified atom stereocenters. The highest BCUT2D eigenvalue weighted by molar-refractivity contribution is 5.86. The van der Waals surface area contributed by atoms with Gasteiger partial charge in [0.2, 0.25) is 5.88 Å². The third-order valence-electron chi connectivity index (χ3n) is 3.59. The first kappa shape index (κ1) is 13.4. The quantitative estimate of drug-likeness (QED) is 0.722. The van der Waals surface area contributed by atoms with Gasteiger partial charge in [0.15, 0.2) is 0 Å². The van der Waals surface area contributed by atoms with Crippen molar-refractivity contribution in [1.29, 1.82) is 0 Å². The minimum atomic E-state index is 0.549. The van der Waals surface area contributed by atoms with Gasteiger partial charge in [0.05, 0.1) is 10.9 Å². The van der Waals surface area contributed by atoms with Crippen molar-refractivity contribution in [3.05, 3.63) is 53.3 Å². The minimum absolute atomic E-state index is 0.549. The van der Waals surface area contributed by atoms with Crippen LogP contribution in [0.4, 0.5) is 5.69 Å². The second-order valence-electron chi connectivity index (χ2n) is 5.26. The summed E-state index contributed by atoms with van der Waals surface area (Å²) >= 11 is 0. The van der Waals surface area contributed by atoms with E-state index in [1.54, 1.807) is 0 Å². The molecule has 3 rings (SSSR count). The molecule has 0 bridgehead atoms. The molecule has 21 heavy (non-hydrogen) atoms.